The number of hydrogen-bond acceptors (Lipinski definition) is 4. The van der Waals surface area contributed by atoms with E-state index in [0.29, 0.717) is 11.5 Å². The first kappa shape index (κ1) is 20.6. The number of amides is 2. The van der Waals surface area contributed by atoms with Crippen molar-refractivity contribution >= 4 is 23.2 Å². The van der Waals surface area contributed by atoms with Crippen molar-refractivity contribution < 1.29 is 18.4 Å². The Morgan fingerprint density at radius 3 is 2.55 bits per heavy atom. The first-order valence-corrected chi connectivity index (χ1v) is 10.2. The van der Waals surface area contributed by atoms with Crippen molar-refractivity contribution in [1.82, 2.24) is 4.98 Å². The summed E-state index contributed by atoms with van der Waals surface area (Å²) in [5.74, 6) is -1.11. The molecule has 2 aromatic heterocycles. The van der Waals surface area contributed by atoms with Gasteiger partial charge >= 0.3 is 0 Å². The van der Waals surface area contributed by atoms with Gasteiger partial charge < -0.3 is 20.0 Å². The highest BCUT2D eigenvalue weighted by Gasteiger charge is 2.22. The Balaban J connectivity index is 1.48. The summed E-state index contributed by atoms with van der Waals surface area (Å²) in [4.78, 5) is 39.9. The van der Waals surface area contributed by atoms with E-state index in [4.69, 9.17) is 4.42 Å². The first-order chi connectivity index (χ1) is 15.0. The van der Waals surface area contributed by atoms with Crippen LogP contribution >= 0.6 is 0 Å². The summed E-state index contributed by atoms with van der Waals surface area (Å²) in [6.07, 6.45) is 6.16. The molecule has 2 heterocycles. The minimum atomic E-state index is -0.650. The Kier molecular flexibility index (Phi) is 5.97. The fourth-order valence-electron chi connectivity index (χ4n) is 3.72. The normalized spacial score (nSPS) is 14.2. The fourth-order valence-corrected chi connectivity index (χ4v) is 3.72. The van der Waals surface area contributed by atoms with Crippen molar-refractivity contribution in [3.63, 3.8) is 0 Å². The Morgan fingerprint density at radius 2 is 1.84 bits per heavy atom. The van der Waals surface area contributed by atoms with Crippen LogP contribution in [0.2, 0.25) is 0 Å². The van der Waals surface area contributed by atoms with Crippen LogP contribution in [0.15, 0.2) is 57.9 Å². The van der Waals surface area contributed by atoms with Gasteiger partial charge in [-0.3, -0.25) is 14.4 Å². The van der Waals surface area contributed by atoms with E-state index in [-0.39, 0.29) is 28.8 Å². The monoisotopic (exact) mass is 423 g/mol. The average Bonchev–Trinajstić information content (AvgIpc) is 3.31. The minimum absolute atomic E-state index is 0.00421. The number of furan rings is 1. The number of rotatable bonds is 5. The van der Waals surface area contributed by atoms with Gasteiger partial charge in [0.05, 0.1) is 17.6 Å². The summed E-state index contributed by atoms with van der Waals surface area (Å²) >= 11 is 0. The molecular formula is C23H22FN3O4. The topological polar surface area (TPSA) is 104 Å². The zero-order valence-corrected chi connectivity index (χ0v) is 16.7. The van der Waals surface area contributed by atoms with Crippen molar-refractivity contribution in [3.8, 4) is 11.5 Å². The van der Waals surface area contributed by atoms with E-state index >= 15 is 0 Å². The molecule has 1 fully saturated rings. The summed E-state index contributed by atoms with van der Waals surface area (Å²) in [5.41, 5.74) is 0.0168. The van der Waals surface area contributed by atoms with E-state index in [2.05, 4.69) is 15.6 Å². The predicted molar refractivity (Wildman–Crippen MR) is 114 cm³/mol. The van der Waals surface area contributed by atoms with Gasteiger partial charge in [0.25, 0.3) is 11.5 Å². The van der Waals surface area contributed by atoms with E-state index in [1.807, 2.05) is 0 Å². The lowest BCUT2D eigenvalue weighted by molar-refractivity contribution is -0.120. The number of nitrogens with one attached hydrogen (secondary N) is 3. The Labute approximate surface area is 177 Å². The average molecular weight is 423 g/mol. The van der Waals surface area contributed by atoms with Crippen molar-refractivity contribution in [2.75, 3.05) is 10.6 Å². The number of carbonyl (C=O) groups excluding carboxylic acids is 2. The van der Waals surface area contributed by atoms with Crippen LogP contribution in [-0.4, -0.2) is 16.8 Å². The molecule has 4 rings (SSSR count). The predicted octanol–water partition coefficient (Wildman–Crippen LogP) is 4.55. The van der Waals surface area contributed by atoms with E-state index in [1.165, 1.54) is 24.5 Å². The van der Waals surface area contributed by atoms with Crippen LogP contribution in [-0.2, 0) is 4.79 Å². The van der Waals surface area contributed by atoms with Gasteiger partial charge in [-0.15, -0.1) is 0 Å². The highest BCUT2D eigenvalue weighted by atomic mass is 19.1. The second-order valence-corrected chi connectivity index (χ2v) is 7.57. The summed E-state index contributed by atoms with van der Waals surface area (Å²) < 4.78 is 19.4. The van der Waals surface area contributed by atoms with Crippen LogP contribution in [0.25, 0.3) is 11.5 Å². The third kappa shape index (κ3) is 4.74. The number of pyridine rings is 1. The van der Waals surface area contributed by atoms with E-state index < -0.39 is 17.3 Å². The molecule has 2 amide bonds. The molecule has 160 valence electrons. The zero-order chi connectivity index (χ0) is 21.8. The van der Waals surface area contributed by atoms with Crippen LogP contribution in [0.4, 0.5) is 15.8 Å². The largest absolute Gasteiger partial charge is 0.463 e. The highest BCUT2D eigenvalue weighted by Crippen LogP contribution is 2.27. The lowest BCUT2D eigenvalue weighted by atomic mass is 9.88. The molecule has 1 saturated carbocycles. The standard InChI is InChI=1S/C23H22FN3O4/c24-17-10-8-15(13-19(17)27-21(28)14-5-2-1-3-6-14)25-22(29)16-9-11-18(26-23(16)30)20-7-4-12-31-20/h4,7-14H,1-3,5-6H2,(H,25,29)(H,26,30)(H,27,28). The van der Waals surface area contributed by atoms with Crippen LogP contribution in [0.5, 0.6) is 0 Å². The molecule has 1 aliphatic rings. The second kappa shape index (κ2) is 8.99. The van der Waals surface area contributed by atoms with Crippen molar-refractivity contribution in [2.24, 2.45) is 5.92 Å². The molecule has 0 aliphatic heterocycles. The lowest BCUT2D eigenvalue weighted by Crippen LogP contribution is -2.25. The minimum Gasteiger partial charge on any atom is -0.463 e. The quantitative estimate of drug-likeness (QED) is 0.560. The second-order valence-electron chi connectivity index (χ2n) is 7.57. The maximum Gasteiger partial charge on any atom is 0.261 e. The van der Waals surface area contributed by atoms with Crippen molar-refractivity contribution in [1.29, 1.82) is 0 Å². The van der Waals surface area contributed by atoms with Gasteiger partial charge in [0, 0.05) is 11.6 Å². The fraction of sp³-hybridized carbons (Fsp3) is 0.261. The van der Waals surface area contributed by atoms with E-state index in [9.17, 15) is 18.8 Å². The lowest BCUT2D eigenvalue weighted by Gasteiger charge is -2.21. The van der Waals surface area contributed by atoms with E-state index in [0.717, 1.165) is 38.2 Å². The molecule has 1 aromatic carbocycles. The molecule has 0 spiro atoms. The van der Waals surface area contributed by atoms with Crippen molar-refractivity contribution in [3.05, 3.63) is 70.5 Å². The number of benzene rings is 1. The van der Waals surface area contributed by atoms with Gasteiger partial charge in [0.1, 0.15) is 17.1 Å². The molecule has 0 saturated heterocycles. The third-order valence-corrected chi connectivity index (χ3v) is 5.40. The number of aromatic nitrogens is 1. The number of aromatic amines is 1. The number of anilines is 2. The third-order valence-electron chi connectivity index (χ3n) is 5.40. The Morgan fingerprint density at radius 1 is 1.03 bits per heavy atom. The molecule has 31 heavy (non-hydrogen) atoms. The molecule has 7 nitrogen and oxygen atoms in total. The Hall–Kier alpha value is -3.68. The molecule has 1 aliphatic carbocycles. The molecule has 0 bridgehead atoms. The van der Waals surface area contributed by atoms with Crippen molar-refractivity contribution in [2.45, 2.75) is 32.1 Å². The number of halogens is 1. The summed E-state index contributed by atoms with van der Waals surface area (Å²) in [7, 11) is 0. The maximum atomic E-state index is 14.2. The van der Waals surface area contributed by atoms with Crippen LogP contribution in [0, 0.1) is 11.7 Å². The van der Waals surface area contributed by atoms with Gasteiger partial charge in [-0.1, -0.05) is 19.3 Å². The zero-order valence-electron chi connectivity index (χ0n) is 16.7. The van der Waals surface area contributed by atoms with Crippen LogP contribution in [0.1, 0.15) is 42.5 Å². The molecule has 3 aromatic rings. The van der Waals surface area contributed by atoms with Crippen LogP contribution < -0.4 is 16.2 Å². The molecule has 8 heteroatoms. The number of carbonyl (C=O) groups is 2. The first-order valence-electron chi connectivity index (χ1n) is 10.2. The number of H-pyrrole nitrogens is 1. The molecular weight excluding hydrogens is 401 g/mol. The molecule has 3 N–H and O–H groups in total. The van der Waals surface area contributed by atoms with Gasteiger partial charge in [0.2, 0.25) is 5.91 Å². The summed E-state index contributed by atoms with van der Waals surface area (Å²) in [5, 5.41) is 5.20. The SMILES string of the molecule is O=C(Nc1ccc(F)c(NC(=O)C2CCCCC2)c1)c1ccc(-c2ccco2)[nH]c1=O. The molecule has 0 radical (unpaired) electrons. The summed E-state index contributed by atoms with van der Waals surface area (Å²) in [6, 6.07) is 10.2. The molecule has 0 atom stereocenters. The van der Waals surface area contributed by atoms with Gasteiger partial charge in [-0.2, -0.15) is 0 Å². The smallest absolute Gasteiger partial charge is 0.261 e. The number of hydrogen-bond donors (Lipinski definition) is 3. The molecule has 0 unspecified atom stereocenters. The Bertz CT molecular complexity index is 1150. The van der Waals surface area contributed by atoms with Gasteiger partial charge in [-0.25, -0.2) is 4.39 Å². The summed E-state index contributed by atoms with van der Waals surface area (Å²) in [6.45, 7) is 0. The van der Waals surface area contributed by atoms with Gasteiger partial charge in [-0.05, 0) is 55.3 Å². The van der Waals surface area contributed by atoms with E-state index in [1.54, 1.807) is 18.2 Å². The van der Waals surface area contributed by atoms with Crippen LogP contribution in [0.3, 0.4) is 0 Å². The highest BCUT2D eigenvalue weighted by molar-refractivity contribution is 6.04. The maximum absolute atomic E-state index is 14.2. The van der Waals surface area contributed by atoms with Gasteiger partial charge in [0.15, 0.2) is 0 Å².